The Bertz CT molecular complexity index is 316. The van der Waals surface area contributed by atoms with Crippen LogP contribution in [0.2, 0.25) is 0 Å². The number of benzene rings is 1. The van der Waals surface area contributed by atoms with E-state index in [-0.39, 0.29) is 0 Å². The van der Waals surface area contributed by atoms with E-state index in [1.54, 1.807) is 0 Å². The van der Waals surface area contributed by atoms with E-state index < -0.39 is 0 Å². The third kappa shape index (κ3) is 2.65. The normalized spacial score (nSPS) is 10.7. The van der Waals surface area contributed by atoms with E-state index in [9.17, 15) is 5.11 Å². The van der Waals surface area contributed by atoms with E-state index in [0.29, 0.717) is 11.7 Å². The lowest BCUT2D eigenvalue weighted by Gasteiger charge is -2.22. The van der Waals surface area contributed by atoms with E-state index in [4.69, 9.17) is 0 Å². The highest BCUT2D eigenvalue weighted by Crippen LogP contribution is 2.29. The lowest BCUT2D eigenvalue weighted by molar-refractivity contribution is 0.465. The molecule has 0 amide bonds. The van der Waals surface area contributed by atoms with Crippen LogP contribution in [-0.2, 0) is 0 Å². The number of phenols is 1. The molecule has 2 heteroatoms. The molecule has 0 saturated heterocycles. The van der Waals surface area contributed by atoms with Crippen LogP contribution in [-0.4, -0.2) is 18.2 Å². The van der Waals surface area contributed by atoms with Gasteiger partial charge in [-0.1, -0.05) is 19.9 Å². The molecule has 0 unspecified atom stereocenters. The van der Waals surface area contributed by atoms with Crippen molar-refractivity contribution in [2.24, 2.45) is 0 Å². The van der Waals surface area contributed by atoms with Crippen LogP contribution in [0.3, 0.4) is 0 Å². The summed E-state index contributed by atoms with van der Waals surface area (Å²) >= 11 is 0. The Morgan fingerprint density at radius 3 is 2.20 bits per heavy atom. The number of hydrogen-bond acceptors (Lipinski definition) is 2. The Kier molecular flexibility index (Phi) is 4.01. The summed E-state index contributed by atoms with van der Waals surface area (Å²) < 4.78 is 0. The van der Waals surface area contributed by atoms with E-state index >= 15 is 0 Å². The van der Waals surface area contributed by atoms with E-state index in [1.165, 1.54) is 0 Å². The van der Waals surface area contributed by atoms with Gasteiger partial charge < -0.3 is 10.0 Å². The number of rotatable bonds is 4. The third-order valence-electron chi connectivity index (χ3n) is 2.76. The molecule has 1 rings (SSSR count). The second-order valence-corrected chi connectivity index (χ2v) is 4.07. The van der Waals surface area contributed by atoms with Crippen molar-refractivity contribution >= 4 is 5.69 Å². The molecule has 84 valence electrons. The highest BCUT2D eigenvalue weighted by atomic mass is 16.3. The van der Waals surface area contributed by atoms with Crippen LogP contribution in [0.15, 0.2) is 18.2 Å². The zero-order chi connectivity index (χ0) is 11.4. The van der Waals surface area contributed by atoms with Gasteiger partial charge in [0.15, 0.2) is 0 Å². The largest absolute Gasteiger partial charge is 0.508 e. The van der Waals surface area contributed by atoms with Crippen LogP contribution in [0, 0.1) is 0 Å². The predicted molar refractivity (Wildman–Crippen MR) is 65.8 cm³/mol. The zero-order valence-corrected chi connectivity index (χ0v) is 10.1. The zero-order valence-electron chi connectivity index (χ0n) is 10.1. The molecule has 0 atom stereocenters. The van der Waals surface area contributed by atoms with Crippen molar-refractivity contribution in [2.45, 2.75) is 33.6 Å². The highest BCUT2D eigenvalue weighted by Gasteiger charge is 2.08. The summed E-state index contributed by atoms with van der Waals surface area (Å²) in [5, 5.41) is 9.88. The molecule has 0 heterocycles. The average molecular weight is 207 g/mol. The molecule has 1 N–H and O–H groups in total. The topological polar surface area (TPSA) is 23.5 Å². The van der Waals surface area contributed by atoms with Gasteiger partial charge in [0.1, 0.15) is 5.75 Å². The number of anilines is 1. The molecule has 15 heavy (non-hydrogen) atoms. The first-order valence-corrected chi connectivity index (χ1v) is 5.68. The van der Waals surface area contributed by atoms with Crippen LogP contribution in [0.5, 0.6) is 5.75 Å². The van der Waals surface area contributed by atoms with Gasteiger partial charge in [0, 0.05) is 24.8 Å². The summed E-state index contributed by atoms with van der Waals surface area (Å²) in [4.78, 5) is 2.23. The van der Waals surface area contributed by atoms with Crippen molar-refractivity contribution in [3.63, 3.8) is 0 Å². The molecule has 1 aromatic rings. The van der Waals surface area contributed by atoms with Crippen LogP contribution >= 0.6 is 0 Å². The van der Waals surface area contributed by atoms with Crippen LogP contribution in [0.25, 0.3) is 0 Å². The molecule has 0 spiro atoms. The van der Waals surface area contributed by atoms with Crippen molar-refractivity contribution in [2.75, 3.05) is 18.0 Å². The van der Waals surface area contributed by atoms with Crippen LogP contribution in [0.1, 0.15) is 39.2 Å². The van der Waals surface area contributed by atoms with Gasteiger partial charge in [0.25, 0.3) is 0 Å². The van der Waals surface area contributed by atoms with Gasteiger partial charge in [-0.2, -0.15) is 0 Å². The SMILES string of the molecule is CCN(CC)c1ccc(C(C)C)c(O)c1. The highest BCUT2D eigenvalue weighted by molar-refractivity contribution is 5.53. The predicted octanol–water partition coefficient (Wildman–Crippen LogP) is 3.36. The smallest absolute Gasteiger partial charge is 0.121 e. The Hall–Kier alpha value is -1.18. The average Bonchev–Trinajstić information content (AvgIpc) is 2.19. The minimum absolute atomic E-state index is 0.371. The third-order valence-corrected chi connectivity index (χ3v) is 2.76. The molecular formula is C13H21NO. The summed E-state index contributed by atoms with van der Waals surface area (Å²) in [5.41, 5.74) is 2.12. The summed E-state index contributed by atoms with van der Waals surface area (Å²) in [7, 11) is 0. The monoisotopic (exact) mass is 207 g/mol. The second-order valence-electron chi connectivity index (χ2n) is 4.07. The van der Waals surface area contributed by atoms with Gasteiger partial charge in [-0.25, -0.2) is 0 Å². The molecule has 0 fully saturated rings. The summed E-state index contributed by atoms with van der Waals surface area (Å²) in [5.74, 6) is 0.783. The van der Waals surface area contributed by atoms with Crippen molar-refractivity contribution in [1.82, 2.24) is 0 Å². The molecule has 0 aromatic heterocycles. The molecule has 0 aliphatic carbocycles. The maximum Gasteiger partial charge on any atom is 0.121 e. The van der Waals surface area contributed by atoms with Gasteiger partial charge >= 0.3 is 0 Å². The van der Waals surface area contributed by atoms with Gasteiger partial charge in [0.05, 0.1) is 0 Å². The lowest BCUT2D eigenvalue weighted by atomic mass is 10.0. The maximum atomic E-state index is 9.88. The number of nitrogens with zero attached hydrogens (tertiary/aromatic N) is 1. The minimum atomic E-state index is 0.371. The summed E-state index contributed by atoms with van der Waals surface area (Å²) in [6.45, 7) is 10.4. The fourth-order valence-corrected chi connectivity index (χ4v) is 1.81. The number of phenolic OH excluding ortho intramolecular Hbond substituents is 1. The fourth-order valence-electron chi connectivity index (χ4n) is 1.81. The number of aromatic hydroxyl groups is 1. The quantitative estimate of drug-likeness (QED) is 0.818. The Labute approximate surface area is 92.5 Å². The van der Waals surface area contributed by atoms with Gasteiger partial charge in [-0.15, -0.1) is 0 Å². The lowest BCUT2D eigenvalue weighted by Crippen LogP contribution is -2.21. The van der Waals surface area contributed by atoms with E-state index in [1.807, 2.05) is 12.1 Å². The first-order valence-electron chi connectivity index (χ1n) is 5.68. The van der Waals surface area contributed by atoms with Crippen molar-refractivity contribution < 1.29 is 5.11 Å². The van der Waals surface area contributed by atoms with E-state index in [2.05, 4.69) is 38.7 Å². The maximum absolute atomic E-state index is 9.88. The van der Waals surface area contributed by atoms with Crippen molar-refractivity contribution in [3.05, 3.63) is 23.8 Å². The van der Waals surface area contributed by atoms with Gasteiger partial charge in [-0.3, -0.25) is 0 Å². The Morgan fingerprint density at radius 1 is 1.20 bits per heavy atom. The molecule has 2 nitrogen and oxygen atoms in total. The van der Waals surface area contributed by atoms with Crippen molar-refractivity contribution in [1.29, 1.82) is 0 Å². The van der Waals surface area contributed by atoms with Gasteiger partial charge in [-0.05, 0) is 31.4 Å². The molecule has 0 bridgehead atoms. The Balaban J connectivity index is 3.00. The molecule has 0 radical (unpaired) electrons. The standard InChI is InChI=1S/C13H21NO/c1-5-14(6-2)11-7-8-12(10(3)4)13(15)9-11/h7-10,15H,5-6H2,1-4H3. The fraction of sp³-hybridized carbons (Fsp3) is 0.538. The van der Waals surface area contributed by atoms with Crippen molar-refractivity contribution in [3.8, 4) is 5.75 Å². The molecule has 0 saturated carbocycles. The second kappa shape index (κ2) is 5.06. The first kappa shape index (κ1) is 11.9. The van der Waals surface area contributed by atoms with Gasteiger partial charge in [0.2, 0.25) is 0 Å². The summed E-state index contributed by atoms with van der Waals surface area (Å²) in [6, 6.07) is 5.97. The first-order chi connectivity index (χ1) is 7.10. The summed E-state index contributed by atoms with van der Waals surface area (Å²) in [6.07, 6.45) is 0. The molecule has 0 aliphatic heterocycles. The van der Waals surface area contributed by atoms with Crippen LogP contribution in [0.4, 0.5) is 5.69 Å². The molecular weight excluding hydrogens is 186 g/mol. The van der Waals surface area contributed by atoms with Crippen LogP contribution < -0.4 is 4.90 Å². The molecule has 1 aromatic carbocycles. The minimum Gasteiger partial charge on any atom is -0.508 e. The van der Waals surface area contributed by atoms with E-state index in [0.717, 1.165) is 24.3 Å². The molecule has 0 aliphatic rings. The number of hydrogen-bond donors (Lipinski definition) is 1. The Morgan fingerprint density at radius 2 is 1.80 bits per heavy atom.